The van der Waals surface area contributed by atoms with Crippen molar-refractivity contribution in [3.63, 3.8) is 0 Å². The minimum absolute atomic E-state index is 0. The molecule has 3 N–H and O–H groups in total. The lowest BCUT2D eigenvalue weighted by molar-refractivity contribution is -0.123. The molecule has 1 atom stereocenters. The molecule has 0 spiro atoms. The lowest BCUT2D eigenvalue weighted by Crippen LogP contribution is -2.50. The minimum atomic E-state index is -3.10. The lowest BCUT2D eigenvalue weighted by Gasteiger charge is -2.31. The molecule has 20 heavy (non-hydrogen) atoms. The Balaban J connectivity index is 0.00000361. The SMILES string of the molecule is CCCC(N)C(=O)NC1CCN(S(=O)(=O)CC)CC1.Cl. The van der Waals surface area contributed by atoms with Crippen molar-refractivity contribution < 1.29 is 13.2 Å². The molecular formula is C12H26ClN3O3S. The van der Waals surface area contributed by atoms with E-state index in [0.717, 1.165) is 6.42 Å². The quantitative estimate of drug-likeness (QED) is 0.741. The van der Waals surface area contributed by atoms with Gasteiger partial charge in [0.25, 0.3) is 0 Å². The van der Waals surface area contributed by atoms with Crippen molar-refractivity contribution >= 4 is 28.3 Å². The van der Waals surface area contributed by atoms with E-state index in [-0.39, 0.29) is 30.1 Å². The van der Waals surface area contributed by atoms with Crippen LogP contribution in [0.1, 0.15) is 39.5 Å². The number of nitrogens with zero attached hydrogens (tertiary/aromatic N) is 1. The summed E-state index contributed by atoms with van der Waals surface area (Å²) in [6, 6.07) is -0.416. The van der Waals surface area contributed by atoms with E-state index in [1.54, 1.807) is 6.92 Å². The summed E-state index contributed by atoms with van der Waals surface area (Å²) < 4.78 is 24.9. The fourth-order valence-electron chi connectivity index (χ4n) is 2.21. The molecule has 1 saturated heterocycles. The monoisotopic (exact) mass is 327 g/mol. The fraction of sp³-hybridized carbons (Fsp3) is 0.917. The van der Waals surface area contributed by atoms with Crippen LogP contribution in [0, 0.1) is 0 Å². The number of carbonyl (C=O) groups excluding carboxylic acids is 1. The molecule has 1 unspecified atom stereocenters. The Bertz CT molecular complexity index is 395. The van der Waals surface area contributed by atoms with Crippen molar-refractivity contribution in [1.29, 1.82) is 0 Å². The van der Waals surface area contributed by atoms with E-state index in [1.807, 2.05) is 6.92 Å². The number of nitrogens with two attached hydrogens (primary N) is 1. The summed E-state index contributed by atoms with van der Waals surface area (Å²) in [6.45, 7) is 4.59. The number of hydrogen-bond acceptors (Lipinski definition) is 4. The topological polar surface area (TPSA) is 92.5 Å². The zero-order valence-corrected chi connectivity index (χ0v) is 13.8. The van der Waals surface area contributed by atoms with Gasteiger partial charge in [0.1, 0.15) is 0 Å². The molecule has 6 nitrogen and oxygen atoms in total. The number of hydrogen-bond donors (Lipinski definition) is 2. The summed E-state index contributed by atoms with van der Waals surface area (Å²) >= 11 is 0. The number of rotatable bonds is 6. The highest BCUT2D eigenvalue weighted by Gasteiger charge is 2.28. The third-order valence-electron chi connectivity index (χ3n) is 3.49. The van der Waals surface area contributed by atoms with Gasteiger partial charge in [-0.2, -0.15) is 0 Å². The van der Waals surface area contributed by atoms with Gasteiger partial charge in [-0.25, -0.2) is 12.7 Å². The number of sulfonamides is 1. The smallest absolute Gasteiger partial charge is 0.237 e. The highest BCUT2D eigenvalue weighted by atomic mass is 35.5. The van der Waals surface area contributed by atoms with E-state index in [2.05, 4.69) is 5.32 Å². The Morgan fingerprint density at radius 3 is 2.35 bits per heavy atom. The maximum Gasteiger partial charge on any atom is 0.237 e. The third kappa shape index (κ3) is 5.55. The second kappa shape index (κ2) is 8.81. The molecule has 0 aromatic heterocycles. The Labute approximate surface area is 127 Å². The van der Waals surface area contributed by atoms with E-state index in [9.17, 15) is 13.2 Å². The van der Waals surface area contributed by atoms with Gasteiger partial charge in [-0.1, -0.05) is 13.3 Å². The summed E-state index contributed by atoms with van der Waals surface area (Å²) in [5.41, 5.74) is 5.74. The number of nitrogens with one attached hydrogen (secondary N) is 1. The zero-order valence-electron chi connectivity index (χ0n) is 12.2. The maximum absolute atomic E-state index is 11.8. The van der Waals surface area contributed by atoms with Gasteiger partial charge < -0.3 is 11.1 Å². The maximum atomic E-state index is 11.8. The molecule has 1 rings (SSSR count). The summed E-state index contributed by atoms with van der Waals surface area (Å²) in [6.07, 6.45) is 2.87. The lowest BCUT2D eigenvalue weighted by atomic mass is 10.1. The van der Waals surface area contributed by atoms with Crippen LogP contribution in [0.25, 0.3) is 0 Å². The van der Waals surface area contributed by atoms with Gasteiger partial charge in [0.05, 0.1) is 11.8 Å². The molecule has 0 saturated carbocycles. The summed E-state index contributed by atoms with van der Waals surface area (Å²) in [7, 11) is -3.10. The van der Waals surface area contributed by atoms with Crippen LogP contribution in [0.2, 0.25) is 0 Å². The van der Waals surface area contributed by atoms with Crippen LogP contribution in [-0.2, 0) is 14.8 Å². The molecule has 1 aliphatic rings. The van der Waals surface area contributed by atoms with Gasteiger partial charge in [-0.15, -0.1) is 12.4 Å². The average molecular weight is 328 g/mol. The minimum Gasteiger partial charge on any atom is -0.352 e. The number of amides is 1. The van der Waals surface area contributed by atoms with Gasteiger partial charge in [0.15, 0.2) is 0 Å². The normalized spacial score (nSPS) is 19.1. The molecule has 1 amide bonds. The van der Waals surface area contributed by atoms with E-state index in [4.69, 9.17) is 5.73 Å². The van der Waals surface area contributed by atoms with Crippen LogP contribution in [0.5, 0.6) is 0 Å². The number of piperidine rings is 1. The van der Waals surface area contributed by atoms with E-state index in [0.29, 0.717) is 32.4 Å². The Hall–Kier alpha value is -0.370. The molecule has 8 heteroatoms. The van der Waals surface area contributed by atoms with Crippen molar-refractivity contribution in [2.24, 2.45) is 5.73 Å². The highest BCUT2D eigenvalue weighted by Crippen LogP contribution is 2.14. The average Bonchev–Trinajstić information content (AvgIpc) is 2.39. The van der Waals surface area contributed by atoms with Crippen molar-refractivity contribution in [2.75, 3.05) is 18.8 Å². The first kappa shape index (κ1) is 19.6. The number of carbonyl (C=O) groups is 1. The first-order valence-corrected chi connectivity index (χ1v) is 8.55. The van der Waals surface area contributed by atoms with Crippen LogP contribution in [-0.4, -0.2) is 49.6 Å². The molecule has 0 aromatic carbocycles. The van der Waals surface area contributed by atoms with Gasteiger partial charge in [-0.3, -0.25) is 4.79 Å². The molecule has 0 bridgehead atoms. The Kier molecular flexibility index (Phi) is 8.65. The molecule has 0 aliphatic carbocycles. The largest absolute Gasteiger partial charge is 0.352 e. The molecular weight excluding hydrogens is 302 g/mol. The first-order chi connectivity index (χ1) is 8.90. The Morgan fingerprint density at radius 1 is 1.35 bits per heavy atom. The van der Waals surface area contributed by atoms with Crippen LogP contribution >= 0.6 is 12.4 Å². The molecule has 0 aromatic rings. The van der Waals surface area contributed by atoms with E-state index in [1.165, 1.54) is 4.31 Å². The van der Waals surface area contributed by atoms with Crippen molar-refractivity contribution in [3.05, 3.63) is 0 Å². The first-order valence-electron chi connectivity index (χ1n) is 6.94. The molecule has 1 aliphatic heterocycles. The third-order valence-corrected chi connectivity index (χ3v) is 5.38. The van der Waals surface area contributed by atoms with Crippen molar-refractivity contribution in [3.8, 4) is 0 Å². The zero-order chi connectivity index (χ0) is 14.5. The predicted molar refractivity (Wildman–Crippen MR) is 82.3 cm³/mol. The van der Waals surface area contributed by atoms with Gasteiger partial charge in [-0.05, 0) is 26.2 Å². The van der Waals surface area contributed by atoms with Crippen LogP contribution in [0.3, 0.4) is 0 Å². The van der Waals surface area contributed by atoms with Crippen LogP contribution in [0.15, 0.2) is 0 Å². The molecule has 1 heterocycles. The van der Waals surface area contributed by atoms with Gasteiger partial charge in [0.2, 0.25) is 15.9 Å². The van der Waals surface area contributed by atoms with E-state index < -0.39 is 16.1 Å². The number of halogens is 1. The van der Waals surface area contributed by atoms with Gasteiger partial charge in [0, 0.05) is 19.1 Å². The standard InChI is InChI=1S/C12H25N3O3S.ClH/c1-3-5-11(13)12(16)14-10-6-8-15(9-7-10)19(17,18)4-2;/h10-11H,3-9,13H2,1-2H3,(H,14,16);1H. The van der Waals surface area contributed by atoms with Gasteiger partial charge >= 0.3 is 0 Å². The summed E-state index contributed by atoms with van der Waals surface area (Å²) in [5.74, 6) is 0.00411. The van der Waals surface area contributed by atoms with Crippen molar-refractivity contribution in [1.82, 2.24) is 9.62 Å². The van der Waals surface area contributed by atoms with Crippen molar-refractivity contribution in [2.45, 2.75) is 51.6 Å². The Morgan fingerprint density at radius 2 is 1.90 bits per heavy atom. The van der Waals surface area contributed by atoms with Crippen LogP contribution < -0.4 is 11.1 Å². The fourth-order valence-corrected chi connectivity index (χ4v) is 3.34. The molecule has 120 valence electrons. The molecule has 1 fully saturated rings. The molecule has 0 radical (unpaired) electrons. The predicted octanol–water partition coefficient (Wildman–Crippen LogP) is 0.466. The second-order valence-electron chi connectivity index (χ2n) is 4.98. The highest BCUT2D eigenvalue weighted by molar-refractivity contribution is 7.89. The summed E-state index contributed by atoms with van der Waals surface area (Å²) in [4.78, 5) is 11.8. The van der Waals surface area contributed by atoms with E-state index >= 15 is 0 Å². The van der Waals surface area contributed by atoms with Crippen LogP contribution in [0.4, 0.5) is 0 Å². The summed E-state index contributed by atoms with van der Waals surface area (Å²) in [5, 5.41) is 2.91. The second-order valence-corrected chi connectivity index (χ2v) is 7.24.